The molecule has 0 atom stereocenters. The number of hydrogen-bond acceptors (Lipinski definition) is 4. The van der Waals surface area contributed by atoms with Gasteiger partial charge in [0.15, 0.2) is 0 Å². The SMILES string of the molecule is C=Cc1cc(C(=O)OC)ccc1NC(=O)OCc1ccccc1. The van der Waals surface area contributed by atoms with Crippen molar-refractivity contribution < 1.29 is 19.1 Å². The molecule has 23 heavy (non-hydrogen) atoms. The molecule has 0 aromatic heterocycles. The van der Waals surface area contributed by atoms with Gasteiger partial charge < -0.3 is 9.47 Å². The second-order valence-electron chi connectivity index (χ2n) is 4.68. The molecule has 0 saturated carbocycles. The zero-order valence-corrected chi connectivity index (χ0v) is 12.7. The van der Waals surface area contributed by atoms with Gasteiger partial charge in [0.2, 0.25) is 0 Å². The van der Waals surface area contributed by atoms with Gasteiger partial charge in [-0.3, -0.25) is 5.32 Å². The molecule has 0 radical (unpaired) electrons. The Labute approximate surface area is 134 Å². The molecule has 0 fully saturated rings. The highest BCUT2D eigenvalue weighted by Crippen LogP contribution is 2.20. The number of carbonyl (C=O) groups excluding carboxylic acids is 2. The molecule has 1 amide bonds. The largest absolute Gasteiger partial charge is 0.465 e. The summed E-state index contributed by atoms with van der Waals surface area (Å²) in [5, 5.41) is 2.63. The number of esters is 1. The van der Waals surface area contributed by atoms with Crippen LogP contribution in [0.15, 0.2) is 55.1 Å². The van der Waals surface area contributed by atoms with E-state index in [1.54, 1.807) is 24.3 Å². The van der Waals surface area contributed by atoms with Crippen molar-refractivity contribution in [2.24, 2.45) is 0 Å². The van der Waals surface area contributed by atoms with Crippen molar-refractivity contribution in [1.82, 2.24) is 0 Å². The molecule has 0 spiro atoms. The van der Waals surface area contributed by atoms with Crippen LogP contribution in [0, 0.1) is 0 Å². The maximum absolute atomic E-state index is 11.9. The van der Waals surface area contributed by atoms with Gasteiger partial charge in [0, 0.05) is 0 Å². The van der Waals surface area contributed by atoms with Crippen LogP contribution in [0.25, 0.3) is 6.08 Å². The first-order valence-electron chi connectivity index (χ1n) is 6.96. The Kier molecular flexibility index (Phi) is 5.52. The summed E-state index contributed by atoms with van der Waals surface area (Å²) in [6.07, 6.45) is 0.960. The number of carbonyl (C=O) groups is 2. The molecular formula is C18H17NO4. The van der Waals surface area contributed by atoms with E-state index in [1.807, 2.05) is 30.3 Å². The lowest BCUT2D eigenvalue weighted by molar-refractivity contribution is 0.0600. The number of ether oxygens (including phenoxy) is 2. The van der Waals surface area contributed by atoms with E-state index in [4.69, 9.17) is 4.74 Å². The van der Waals surface area contributed by atoms with Crippen LogP contribution in [0.5, 0.6) is 0 Å². The van der Waals surface area contributed by atoms with Gasteiger partial charge in [0.1, 0.15) is 6.61 Å². The van der Waals surface area contributed by atoms with Crippen LogP contribution < -0.4 is 5.32 Å². The zero-order valence-electron chi connectivity index (χ0n) is 12.7. The fourth-order valence-electron chi connectivity index (χ4n) is 1.96. The number of nitrogens with one attached hydrogen (secondary N) is 1. The molecule has 5 heteroatoms. The normalized spacial score (nSPS) is 9.78. The second kappa shape index (κ2) is 7.79. The van der Waals surface area contributed by atoms with Crippen LogP contribution >= 0.6 is 0 Å². The minimum atomic E-state index is -0.581. The predicted octanol–water partition coefficient (Wildman–Crippen LogP) is 3.86. The van der Waals surface area contributed by atoms with Crippen LogP contribution in [-0.4, -0.2) is 19.2 Å². The monoisotopic (exact) mass is 311 g/mol. The van der Waals surface area contributed by atoms with Crippen LogP contribution in [0.2, 0.25) is 0 Å². The lowest BCUT2D eigenvalue weighted by Gasteiger charge is -2.10. The van der Waals surface area contributed by atoms with E-state index in [9.17, 15) is 9.59 Å². The van der Waals surface area contributed by atoms with E-state index in [2.05, 4.69) is 16.6 Å². The van der Waals surface area contributed by atoms with Crippen molar-refractivity contribution in [3.8, 4) is 0 Å². The third-order valence-corrected chi connectivity index (χ3v) is 3.14. The average Bonchev–Trinajstić information content (AvgIpc) is 2.60. The molecule has 0 bridgehead atoms. The van der Waals surface area contributed by atoms with Crippen molar-refractivity contribution in [3.05, 3.63) is 71.8 Å². The molecule has 2 rings (SSSR count). The standard InChI is InChI=1S/C18H17NO4/c1-3-14-11-15(17(20)22-2)9-10-16(14)19-18(21)23-12-13-7-5-4-6-8-13/h3-11H,1,12H2,2H3,(H,19,21). The second-order valence-corrected chi connectivity index (χ2v) is 4.68. The van der Waals surface area contributed by atoms with Crippen LogP contribution in [0.1, 0.15) is 21.5 Å². The Morgan fingerprint density at radius 2 is 1.91 bits per heavy atom. The van der Waals surface area contributed by atoms with E-state index in [0.717, 1.165) is 5.56 Å². The van der Waals surface area contributed by atoms with Gasteiger partial charge in [-0.05, 0) is 29.3 Å². The van der Waals surface area contributed by atoms with Crippen molar-refractivity contribution >= 4 is 23.8 Å². The summed E-state index contributed by atoms with van der Waals surface area (Å²) in [6.45, 7) is 3.85. The highest BCUT2D eigenvalue weighted by Gasteiger charge is 2.11. The molecule has 5 nitrogen and oxygen atoms in total. The summed E-state index contributed by atoms with van der Waals surface area (Å²) < 4.78 is 9.81. The molecule has 0 saturated heterocycles. The fraction of sp³-hybridized carbons (Fsp3) is 0.111. The van der Waals surface area contributed by atoms with Crippen molar-refractivity contribution in [2.75, 3.05) is 12.4 Å². The first-order valence-corrected chi connectivity index (χ1v) is 6.96. The van der Waals surface area contributed by atoms with Gasteiger partial charge in [-0.15, -0.1) is 0 Å². The highest BCUT2D eigenvalue weighted by atomic mass is 16.5. The summed E-state index contributed by atoms with van der Waals surface area (Å²) in [4.78, 5) is 23.4. The molecule has 118 valence electrons. The molecule has 0 aliphatic rings. The first-order chi connectivity index (χ1) is 11.1. The van der Waals surface area contributed by atoms with Gasteiger partial charge >= 0.3 is 12.1 Å². The van der Waals surface area contributed by atoms with Gasteiger partial charge in [-0.1, -0.05) is 43.0 Å². The molecular weight excluding hydrogens is 294 g/mol. The van der Waals surface area contributed by atoms with Gasteiger partial charge in [0.05, 0.1) is 18.4 Å². The first kappa shape index (κ1) is 16.3. The van der Waals surface area contributed by atoms with Gasteiger partial charge in [-0.2, -0.15) is 0 Å². The minimum Gasteiger partial charge on any atom is -0.465 e. The predicted molar refractivity (Wildman–Crippen MR) is 88.1 cm³/mol. The van der Waals surface area contributed by atoms with Crippen LogP contribution in [0.4, 0.5) is 10.5 Å². The smallest absolute Gasteiger partial charge is 0.411 e. The zero-order chi connectivity index (χ0) is 16.7. The Bertz CT molecular complexity index is 710. The Morgan fingerprint density at radius 3 is 2.57 bits per heavy atom. The quantitative estimate of drug-likeness (QED) is 0.851. The third kappa shape index (κ3) is 4.44. The van der Waals surface area contributed by atoms with Crippen LogP contribution in [-0.2, 0) is 16.1 Å². The number of amides is 1. The lowest BCUT2D eigenvalue weighted by atomic mass is 10.1. The highest BCUT2D eigenvalue weighted by molar-refractivity contribution is 5.93. The molecule has 1 N–H and O–H groups in total. The molecule has 2 aromatic carbocycles. The Hall–Kier alpha value is -3.08. The van der Waals surface area contributed by atoms with E-state index in [0.29, 0.717) is 16.8 Å². The summed E-state index contributed by atoms with van der Waals surface area (Å²) >= 11 is 0. The molecule has 0 aliphatic carbocycles. The summed E-state index contributed by atoms with van der Waals surface area (Å²) in [5.74, 6) is -0.452. The Balaban J connectivity index is 2.02. The number of rotatable bonds is 5. The topological polar surface area (TPSA) is 64.6 Å². The molecule has 0 aliphatic heterocycles. The maximum atomic E-state index is 11.9. The summed E-state index contributed by atoms with van der Waals surface area (Å²) in [6, 6.07) is 14.1. The van der Waals surface area contributed by atoms with Gasteiger partial charge in [0.25, 0.3) is 0 Å². The van der Waals surface area contributed by atoms with Crippen molar-refractivity contribution in [1.29, 1.82) is 0 Å². The van der Waals surface area contributed by atoms with E-state index in [-0.39, 0.29) is 6.61 Å². The number of hydrogen-bond donors (Lipinski definition) is 1. The van der Waals surface area contributed by atoms with Crippen molar-refractivity contribution in [2.45, 2.75) is 6.61 Å². The number of benzene rings is 2. The minimum absolute atomic E-state index is 0.177. The molecule has 0 unspecified atom stereocenters. The number of anilines is 1. The van der Waals surface area contributed by atoms with Crippen molar-refractivity contribution in [3.63, 3.8) is 0 Å². The fourth-order valence-corrected chi connectivity index (χ4v) is 1.96. The van der Waals surface area contributed by atoms with E-state index < -0.39 is 12.1 Å². The third-order valence-electron chi connectivity index (χ3n) is 3.14. The summed E-state index contributed by atoms with van der Waals surface area (Å²) in [5.41, 5.74) is 2.38. The molecule has 2 aromatic rings. The van der Waals surface area contributed by atoms with Crippen LogP contribution in [0.3, 0.4) is 0 Å². The van der Waals surface area contributed by atoms with E-state index >= 15 is 0 Å². The Morgan fingerprint density at radius 1 is 1.17 bits per heavy atom. The van der Waals surface area contributed by atoms with E-state index in [1.165, 1.54) is 7.11 Å². The molecule has 0 heterocycles. The number of methoxy groups -OCH3 is 1. The lowest BCUT2D eigenvalue weighted by Crippen LogP contribution is -2.14. The van der Waals surface area contributed by atoms with Gasteiger partial charge in [-0.25, -0.2) is 9.59 Å². The average molecular weight is 311 g/mol. The maximum Gasteiger partial charge on any atom is 0.411 e. The summed E-state index contributed by atoms with van der Waals surface area (Å²) in [7, 11) is 1.31.